The van der Waals surface area contributed by atoms with E-state index in [1.807, 2.05) is 13.0 Å². The molecule has 1 fully saturated rings. The van der Waals surface area contributed by atoms with Crippen molar-refractivity contribution in [3.05, 3.63) is 23.4 Å². The van der Waals surface area contributed by atoms with E-state index in [9.17, 15) is 5.26 Å². The van der Waals surface area contributed by atoms with Crippen LogP contribution in [0.3, 0.4) is 0 Å². The van der Waals surface area contributed by atoms with Gasteiger partial charge in [0.05, 0.1) is 5.56 Å². The van der Waals surface area contributed by atoms with Crippen molar-refractivity contribution in [2.45, 2.75) is 45.1 Å². The number of rotatable bonds is 4. The van der Waals surface area contributed by atoms with Crippen LogP contribution < -0.4 is 5.32 Å². The van der Waals surface area contributed by atoms with Gasteiger partial charge >= 0.3 is 0 Å². The van der Waals surface area contributed by atoms with Gasteiger partial charge in [-0.15, -0.1) is 0 Å². The number of nitriles is 1. The van der Waals surface area contributed by atoms with Crippen molar-refractivity contribution in [2.24, 2.45) is 5.92 Å². The van der Waals surface area contributed by atoms with E-state index in [1.165, 1.54) is 25.7 Å². The van der Waals surface area contributed by atoms with Crippen molar-refractivity contribution in [1.29, 1.82) is 5.26 Å². The highest BCUT2D eigenvalue weighted by Crippen LogP contribution is 2.36. The van der Waals surface area contributed by atoms with Crippen molar-refractivity contribution in [2.75, 3.05) is 26.0 Å². The van der Waals surface area contributed by atoms with Crippen molar-refractivity contribution in [3.8, 4) is 6.07 Å². The highest BCUT2D eigenvalue weighted by atomic mass is 15.2. The Bertz CT molecular complexity index is 532. The molecule has 4 nitrogen and oxygen atoms in total. The summed E-state index contributed by atoms with van der Waals surface area (Å²) in [6.07, 6.45) is 6.76. The van der Waals surface area contributed by atoms with Crippen LogP contribution in [-0.2, 0) is 0 Å². The number of hydrogen-bond acceptors (Lipinski definition) is 4. The monoisotopic (exact) mass is 286 g/mol. The molecule has 1 aromatic heterocycles. The Hall–Kier alpha value is -1.60. The fourth-order valence-electron chi connectivity index (χ4n) is 3.44. The van der Waals surface area contributed by atoms with Crippen LogP contribution in [0, 0.1) is 24.2 Å². The Kier molecular flexibility index (Phi) is 4.84. The summed E-state index contributed by atoms with van der Waals surface area (Å²) >= 11 is 0. The van der Waals surface area contributed by atoms with Gasteiger partial charge in [0, 0.05) is 18.3 Å². The molecule has 1 aliphatic carbocycles. The van der Waals surface area contributed by atoms with Gasteiger partial charge in [-0.05, 0) is 51.4 Å². The molecular weight excluding hydrogens is 260 g/mol. The molecule has 1 heterocycles. The molecule has 2 atom stereocenters. The van der Waals surface area contributed by atoms with Crippen molar-refractivity contribution in [3.63, 3.8) is 0 Å². The van der Waals surface area contributed by atoms with Crippen LogP contribution in [0.2, 0.25) is 0 Å². The first-order chi connectivity index (χ1) is 9.98. The summed E-state index contributed by atoms with van der Waals surface area (Å²) < 4.78 is 0. The van der Waals surface area contributed by atoms with E-state index in [1.54, 1.807) is 6.20 Å². The van der Waals surface area contributed by atoms with Gasteiger partial charge in [-0.25, -0.2) is 4.98 Å². The number of nitrogens with one attached hydrogen (secondary N) is 1. The quantitative estimate of drug-likeness (QED) is 0.923. The Labute approximate surface area is 128 Å². The minimum atomic E-state index is 0.163. The van der Waals surface area contributed by atoms with E-state index in [0.29, 0.717) is 5.56 Å². The van der Waals surface area contributed by atoms with Crippen LogP contribution in [0.25, 0.3) is 0 Å². The Balaban J connectivity index is 2.17. The van der Waals surface area contributed by atoms with E-state index in [-0.39, 0.29) is 5.54 Å². The molecule has 0 bridgehead atoms. The van der Waals surface area contributed by atoms with E-state index in [2.05, 4.69) is 42.3 Å². The number of anilines is 1. The summed E-state index contributed by atoms with van der Waals surface area (Å²) in [4.78, 5) is 6.70. The van der Waals surface area contributed by atoms with Gasteiger partial charge < -0.3 is 10.2 Å². The molecule has 2 unspecified atom stereocenters. The van der Waals surface area contributed by atoms with Crippen LogP contribution in [0.4, 0.5) is 5.82 Å². The van der Waals surface area contributed by atoms with Gasteiger partial charge in [-0.1, -0.05) is 19.8 Å². The van der Waals surface area contributed by atoms with Crippen LogP contribution in [-0.4, -0.2) is 36.1 Å². The Morgan fingerprint density at radius 3 is 2.90 bits per heavy atom. The molecule has 1 aliphatic rings. The van der Waals surface area contributed by atoms with Gasteiger partial charge in [-0.2, -0.15) is 5.26 Å². The van der Waals surface area contributed by atoms with Gasteiger partial charge in [0.2, 0.25) is 0 Å². The number of aryl methyl sites for hydroxylation is 1. The molecule has 2 rings (SSSR count). The third kappa shape index (κ3) is 3.36. The zero-order chi connectivity index (χ0) is 15.5. The number of hydrogen-bond donors (Lipinski definition) is 1. The maximum atomic E-state index is 9.31. The molecule has 0 aromatic carbocycles. The molecule has 0 amide bonds. The average molecular weight is 286 g/mol. The predicted octanol–water partition coefficient (Wildman–Crippen LogP) is 3.18. The zero-order valence-electron chi connectivity index (χ0n) is 13.6. The van der Waals surface area contributed by atoms with Crippen molar-refractivity contribution < 1.29 is 0 Å². The molecule has 0 radical (unpaired) electrons. The highest BCUT2D eigenvalue weighted by molar-refractivity contribution is 5.55. The SMILES string of the molecule is Cc1ccnc(NCC2(N(C)C)CCCC(C)C2)c1C#N. The van der Waals surface area contributed by atoms with Gasteiger partial charge in [0.1, 0.15) is 11.9 Å². The topological polar surface area (TPSA) is 52.0 Å². The molecule has 4 heteroatoms. The van der Waals surface area contributed by atoms with Crippen LogP contribution in [0.1, 0.15) is 43.7 Å². The van der Waals surface area contributed by atoms with E-state index >= 15 is 0 Å². The number of likely N-dealkylation sites (N-methyl/N-ethyl adjacent to an activating group) is 1. The van der Waals surface area contributed by atoms with Crippen molar-refractivity contribution >= 4 is 5.82 Å². The number of pyridine rings is 1. The standard InChI is InChI=1S/C17H26N4/c1-13-6-5-8-17(10-13,21(3)4)12-20-16-15(11-18)14(2)7-9-19-16/h7,9,13H,5-6,8,10,12H2,1-4H3,(H,19,20). The molecule has 0 aliphatic heterocycles. The fourth-order valence-corrected chi connectivity index (χ4v) is 3.44. The first-order valence-corrected chi connectivity index (χ1v) is 7.75. The van der Waals surface area contributed by atoms with Crippen LogP contribution >= 0.6 is 0 Å². The summed E-state index contributed by atoms with van der Waals surface area (Å²) in [5.74, 6) is 1.47. The average Bonchev–Trinajstić information content (AvgIpc) is 2.45. The number of nitrogens with zero attached hydrogens (tertiary/aromatic N) is 3. The van der Waals surface area contributed by atoms with Crippen molar-refractivity contribution in [1.82, 2.24) is 9.88 Å². The third-order valence-electron chi connectivity index (χ3n) is 4.87. The Morgan fingerprint density at radius 2 is 2.29 bits per heavy atom. The minimum Gasteiger partial charge on any atom is -0.367 e. The minimum absolute atomic E-state index is 0.163. The number of aromatic nitrogens is 1. The lowest BCUT2D eigenvalue weighted by Gasteiger charge is -2.45. The second-order valence-electron chi connectivity index (χ2n) is 6.64. The molecule has 1 saturated carbocycles. The Morgan fingerprint density at radius 1 is 1.52 bits per heavy atom. The summed E-state index contributed by atoms with van der Waals surface area (Å²) in [5.41, 5.74) is 1.80. The first kappa shape index (κ1) is 15.8. The molecule has 1 N–H and O–H groups in total. The molecule has 0 saturated heterocycles. The van der Waals surface area contributed by atoms with E-state index < -0.39 is 0 Å². The predicted molar refractivity (Wildman–Crippen MR) is 86.2 cm³/mol. The third-order valence-corrected chi connectivity index (χ3v) is 4.87. The van der Waals surface area contributed by atoms with Gasteiger partial charge in [-0.3, -0.25) is 0 Å². The van der Waals surface area contributed by atoms with Crippen LogP contribution in [0.5, 0.6) is 0 Å². The molecule has 0 spiro atoms. The largest absolute Gasteiger partial charge is 0.367 e. The lowest BCUT2D eigenvalue weighted by Crippen LogP contribution is -2.52. The van der Waals surface area contributed by atoms with Crippen LogP contribution in [0.15, 0.2) is 12.3 Å². The molecule has 21 heavy (non-hydrogen) atoms. The maximum Gasteiger partial charge on any atom is 0.144 e. The molecule has 114 valence electrons. The maximum absolute atomic E-state index is 9.31. The smallest absolute Gasteiger partial charge is 0.144 e. The summed E-state index contributed by atoms with van der Waals surface area (Å²) in [6.45, 7) is 5.13. The van der Waals surface area contributed by atoms with Gasteiger partial charge in [0.15, 0.2) is 0 Å². The second kappa shape index (κ2) is 6.44. The lowest BCUT2D eigenvalue weighted by molar-refractivity contribution is 0.0881. The zero-order valence-corrected chi connectivity index (χ0v) is 13.6. The summed E-state index contributed by atoms with van der Waals surface area (Å²) in [5, 5.41) is 12.8. The lowest BCUT2D eigenvalue weighted by atomic mass is 9.75. The fraction of sp³-hybridized carbons (Fsp3) is 0.647. The van der Waals surface area contributed by atoms with E-state index in [0.717, 1.165) is 23.8 Å². The second-order valence-corrected chi connectivity index (χ2v) is 6.64. The summed E-state index contributed by atoms with van der Waals surface area (Å²) in [6, 6.07) is 4.15. The van der Waals surface area contributed by atoms with Gasteiger partial charge in [0.25, 0.3) is 0 Å². The first-order valence-electron chi connectivity index (χ1n) is 7.75. The normalized spacial score (nSPS) is 25.6. The summed E-state index contributed by atoms with van der Waals surface area (Å²) in [7, 11) is 4.32. The highest BCUT2D eigenvalue weighted by Gasteiger charge is 2.36. The molecular formula is C17H26N4. The molecule has 1 aromatic rings. The van der Waals surface area contributed by atoms with E-state index in [4.69, 9.17) is 0 Å².